The summed E-state index contributed by atoms with van der Waals surface area (Å²) in [6, 6.07) is 0. The molecule has 0 aromatic heterocycles. The molecule has 148 valence electrons. The molecule has 2 rings (SSSR count). The average Bonchev–Trinajstić information content (AvgIpc) is 2.66. The van der Waals surface area contributed by atoms with Gasteiger partial charge in [0.1, 0.15) is 0 Å². The molecule has 0 bridgehead atoms. The molecule has 2 aliphatic carbocycles. The molecule has 0 aromatic carbocycles. The van der Waals surface area contributed by atoms with Gasteiger partial charge in [-0.05, 0) is 38.5 Å². The molecule has 4 nitrogen and oxygen atoms in total. The van der Waals surface area contributed by atoms with Gasteiger partial charge in [0.15, 0.2) is 0 Å². The summed E-state index contributed by atoms with van der Waals surface area (Å²) >= 11 is 0. The zero-order valence-electron chi connectivity index (χ0n) is 16.7. The van der Waals surface area contributed by atoms with Gasteiger partial charge in [-0.25, -0.2) is 9.59 Å². The molecule has 26 heavy (non-hydrogen) atoms. The van der Waals surface area contributed by atoms with Crippen molar-refractivity contribution in [3.05, 3.63) is 11.1 Å². The summed E-state index contributed by atoms with van der Waals surface area (Å²) < 4.78 is 10.7. The SMILES string of the molecule is CCOC(=O)/C(CC1CCCCC1)=C(/CC1CCCCC1)C(=O)OCC. The minimum Gasteiger partial charge on any atom is -0.463 e. The van der Waals surface area contributed by atoms with Gasteiger partial charge in [-0.2, -0.15) is 0 Å². The van der Waals surface area contributed by atoms with Crippen LogP contribution in [0.4, 0.5) is 0 Å². The van der Waals surface area contributed by atoms with Crippen LogP contribution in [0.5, 0.6) is 0 Å². The van der Waals surface area contributed by atoms with Crippen molar-refractivity contribution in [2.24, 2.45) is 11.8 Å². The van der Waals surface area contributed by atoms with Crippen molar-refractivity contribution in [1.82, 2.24) is 0 Å². The van der Waals surface area contributed by atoms with Crippen LogP contribution < -0.4 is 0 Å². The lowest BCUT2D eigenvalue weighted by Crippen LogP contribution is -2.22. The largest absolute Gasteiger partial charge is 0.463 e. The second-order valence-corrected chi connectivity index (χ2v) is 7.81. The van der Waals surface area contributed by atoms with E-state index >= 15 is 0 Å². The Morgan fingerprint density at radius 3 is 1.31 bits per heavy atom. The summed E-state index contributed by atoms with van der Waals surface area (Å²) in [5.41, 5.74) is 1.20. The molecule has 2 saturated carbocycles. The third-order valence-corrected chi connectivity index (χ3v) is 5.84. The topological polar surface area (TPSA) is 52.6 Å². The molecule has 0 N–H and O–H groups in total. The first-order chi connectivity index (χ1) is 12.7. The van der Waals surface area contributed by atoms with Crippen LogP contribution in [0.25, 0.3) is 0 Å². The smallest absolute Gasteiger partial charge is 0.334 e. The number of rotatable bonds is 8. The van der Waals surface area contributed by atoms with Gasteiger partial charge in [0.05, 0.1) is 13.2 Å². The Balaban J connectivity index is 2.26. The van der Waals surface area contributed by atoms with Gasteiger partial charge in [-0.15, -0.1) is 0 Å². The Bertz CT molecular complexity index is 438. The third kappa shape index (κ3) is 6.44. The molecule has 0 heterocycles. The molecule has 0 atom stereocenters. The van der Waals surface area contributed by atoms with Crippen molar-refractivity contribution in [3.63, 3.8) is 0 Å². The normalized spacial score (nSPS) is 20.4. The highest BCUT2D eigenvalue weighted by molar-refractivity contribution is 6.00. The second-order valence-electron chi connectivity index (χ2n) is 7.81. The number of hydrogen-bond acceptors (Lipinski definition) is 4. The Labute approximate surface area is 158 Å². The summed E-state index contributed by atoms with van der Waals surface area (Å²) in [5.74, 6) is 0.353. The van der Waals surface area contributed by atoms with E-state index in [-0.39, 0.29) is 11.9 Å². The van der Waals surface area contributed by atoms with Crippen LogP contribution in [-0.2, 0) is 19.1 Å². The molecule has 0 radical (unpaired) electrons. The maximum Gasteiger partial charge on any atom is 0.334 e. The lowest BCUT2D eigenvalue weighted by Gasteiger charge is -2.26. The van der Waals surface area contributed by atoms with E-state index in [2.05, 4.69) is 0 Å². The van der Waals surface area contributed by atoms with E-state index in [0.29, 0.717) is 49.0 Å². The lowest BCUT2D eigenvalue weighted by molar-refractivity contribution is -0.142. The van der Waals surface area contributed by atoms with Gasteiger partial charge in [0, 0.05) is 11.1 Å². The van der Waals surface area contributed by atoms with Gasteiger partial charge in [0.2, 0.25) is 0 Å². The van der Waals surface area contributed by atoms with Crippen molar-refractivity contribution in [1.29, 1.82) is 0 Å². The van der Waals surface area contributed by atoms with Gasteiger partial charge < -0.3 is 9.47 Å². The predicted molar refractivity (Wildman–Crippen MR) is 103 cm³/mol. The fourth-order valence-electron chi connectivity index (χ4n) is 4.46. The number of ether oxygens (including phenoxy) is 2. The van der Waals surface area contributed by atoms with E-state index < -0.39 is 0 Å². The molecule has 0 unspecified atom stereocenters. The summed E-state index contributed by atoms with van der Waals surface area (Å²) in [4.78, 5) is 25.4. The molecule has 4 heteroatoms. The third-order valence-electron chi connectivity index (χ3n) is 5.84. The average molecular weight is 365 g/mol. The van der Waals surface area contributed by atoms with E-state index in [0.717, 1.165) is 25.7 Å². The Morgan fingerprint density at radius 2 is 1.00 bits per heavy atom. The Morgan fingerprint density at radius 1 is 0.654 bits per heavy atom. The highest BCUT2D eigenvalue weighted by Gasteiger charge is 2.29. The monoisotopic (exact) mass is 364 g/mol. The number of carbonyl (C=O) groups excluding carboxylic acids is 2. The van der Waals surface area contributed by atoms with E-state index in [1.54, 1.807) is 0 Å². The minimum absolute atomic E-state index is 0.308. The maximum atomic E-state index is 12.7. The van der Waals surface area contributed by atoms with Crippen molar-refractivity contribution in [2.45, 2.75) is 90.9 Å². The second kappa shape index (κ2) is 11.4. The minimum atomic E-state index is -0.308. The van der Waals surface area contributed by atoms with Crippen molar-refractivity contribution < 1.29 is 19.1 Å². The van der Waals surface area contributed by atoms with Crippen LogP contribution in [-0.4, -0.2) is 25.2 Å². The first kappa shape index (κ1) is 21.0. The molecule has 0 aromatic rings. The van der Waals surface area contributed by atoms with Crippen LogP contribution >= 0.6 is 0 Å². The molecule has 2 fully saturated rings. The van der Waals surface area contributed by atoms with Crippen LogP contribution in [0.2, 0.25) is 0 Å². The molecule has 0 saturated heterocycles. The summed E-state index contributed by atoms with van der Waals surface area (Å²) in [6.07, 6.45) is 13.3. The Kier molecular flexibility index (Phi) is 9.21. The highest BCUT2D eigenvalue weighted by atomic mass is 16.5. The number of carbonyl (C=O) groups is 2. The Hall–Kier alpha value is -1.32. The number of hydrogen-bond donors (Lipinski definition) is 0. The predicted octanol–water partition coefficient (Wildman–Crippen LogP) is 5.35. The van der Waals surface area contributed by atoms with Crippen LogP contribution in [0.1, 0.15) is 90.9 Å². The van der Waals surface area contributed by atoms with Crippen molar-refractivity contribution in [2.75, 3.05) is 13.2 Å². The van der Waals surface area contributed by atoms with Crippen LogP contribution in [0.15, 0.2) is 11.1 Å². The van der Waals surface area contributed by atoms with E-state index in [1.165, 1.54) is 38.5 Å². The van der Waals surface area contributed by atoms with Crippen LogP contribution in [0, 0.1) is 11.8 Å². The summed E-state index contributed by atoms with van der Waals surface area (Å²) in [7, 11) is 0. The van der Waals surface area contributed by atoms with Gasteiger partial charge in [0.25, 0.3) is 0 Å². The molecular formula is C22H36O4. The first-order valence-electron chi connectivity index (χ1n) is 10.7. The molecule has 2 aliphatic rings. The van der Waals surface area contributed by atoms with Crippen molar-refractivity contribution in [3.8, 4) is 0 Å². The van der Waals surface area contributed by atoms with Gasteiger partial charge in [-0.1, -0.05) is 64.2 Å². The molecular weight excluding hydrogens is 328 g/mol. The molecule has 0 aliphatic heterocycles. The quantitative estimate of drug-likeness (QED) is 0.430. The fraction of sp³-hybridized carbons (Fsp3) is 0.818. The molecule has 0 spiro atoms. The van der Waals surface area contributed by atoms with Crippen LogP contribution in [0.3, 0.4) is 0 Å². The fourth-order valence-corrected chi connectivity index (χ4v) is 4.46. The first-order valence-corrected chi connectivity index (χ1v) is 10.7. The summed E-state index contributed by atoms with van der Waals surface area (Å²) in [6.45, 7) is 4.32. The van der Waals surface area contributed by atoms with Gasteiger partial charge >= 0.3 is 11.9 Å². The van der Waals surface area contributed by atoms with E-state index in [4.69, 9.17) is 9.47 Å². The standard InChI is InChI=1S/C22H36O4/c1-3-25-21(23)19(15-17-11-7-5-8-12-17)20(22(24)26-4-2)16-18-13-9-6-10-14-18/h17-18H,3-16H2,1-2H3/b20-19-. The highest BCUT2D eigenvalue weighted by Crippen LogP contribution is 2.35. The summed E-state index contributed by atoms with van der Waals surface area (Å²) in [5, 5.41) is 0. The number of esters is 2. The van der Waals surface area contributed by atoms with Gasteiger partial charge in [-0.3, -0.25) is 0 Å². The van der Waals surface area contributed by atoms with E-state index in [9.17, 15) is 9.59 Å². The maximum absolute atomic E-state index is 12.7. The molecule has 0 amide bonds. The zero-order chi connectivity index (χ0) is 18.8. The lowest BCUT2D eigenvalue weighted by atomic mass is 9.80. The van der Waals surface area contributed by atoms with E-state index in [1.807, 2.05) is 13.8 Å². The zero-order valence-corrected chi connectivity index (χ0v) is 16.7. The van der Waals surface area contributed by atoms with Crippen molar-refractivity contribution >= 4 is 11.9 Å².